The Morgan fingerprint density at radius 1 is 0.957 bits per heavy atom. The summed E-state index contributed by atoms with van der Waals surface area (Å²) in [5, 5.41) is 0.456. The summed E-state index contributed by atoms with van der Waals surface area (Å²) in [5.41, 5.74) is 7.46. The largest absolute Gasteiger partial charge is 0.496 e. The zero-order chi connectivity index (χ0) is 17.0. The van der Waals surface area contributed by atoms with Crippen LogP contribution in [0.3, 0.4) is 0 Å². The summed E-state index contributed by atoms with van der Waals surface area (Å²) >= 11 is 5.86. The third-order valence-corrected chi connectivity index (χ3v) is 3.42. The Balaban J connectivity index is 2.08. The number of rotatable bonds is 3. The third kappa shape index (κ3) is 4.23. The first-order valence-corrected chi connectivity index (χ1v) is 7.31. The van der Waals surface area contributed by atoms with Gasteiger partial charge in [0.2, 0.25) is 0 Å². The Morgan fingerprint density at radius 2 is 1.57 bits per heavy atom. The lowest BCUT2D eigenvalue weighted by atomic mass is 10.1. The molecule has 5 nitrogen and oxygen atoms in total. The van der Waals surface area contributed by atoms with E-state index in [0.29, 0.717) is 16.3 Å². The fourth-order valence-corrected chi connectivity index (χ4v) is 2.37. The van der Waals surface area contributed by atoms with Crippen molar-refractivity contribution in [2.75, 3.05) is 7.11 Å². The molecule has 0 saturated heterocycles. The lowest BCUT2D eigenvalue weighted by Crippen LogP contribution is -2.41. The fourth-order valence-electron chi connectivity index (χ4n) is 2.21. The number of carbonyl (C=O) groups excluding carboxylic acids is 2. The minimum atomic E-state index is -0.490. The average molecular weight is 333 g/mol. The van der Waals surface area contributed by atoms with Gasteiger partial charge in [-0.3, -0.25) is 20.4 Å². The predicted molar refractivity (Wildman–Crippen MR) is 88.9 cm³/mol. The van der Waals surface area contributed by atoms with E-state index in [2.05, 4.69) is 10.9 Å². The molecule has 0 bridgehead atoms. The van der Waals surface area contributed by atoms with Gasteiger partial charge < -0.3 is 4.74 Å². The molecule has 2 rings (SSSR count). The predicted octanol–water partition coefficient (Wildman–Crippen LogP) is 3.04. The van der Waals surface area contributed by atoms with Crippen LogP contribution in [0, 0.1) is 13.8 Å². The standard InChI is InChI=1S/C17H17ClN2O3/c1-10-6-11(2)8-12(7-10)16(21)19-20-17(22)14-5-4-13(18)9-15(14)23-3/h4-9H,1-3H3,(H,19,21)(H,20,22). The van der Waals surface area contributed by atoms with Gasteiger partial charge in [-0.05, 0) is 44.2 Å². The van der Waals surface area contributed by atoms with Gasteiger partial charge in [0.15, 0.2) is 0 Å². The molecule has 0 spiro atoms. The Labute approximate surface area is 139 Å². The van der Waals surface area contributed by atoms with Crippen molar-refractivity contribution in [2.45, 2.75) is 13.8 Å². The van der Waals surface area contributed by atoms with Crippen LogP contribution in [0.25, 0.3) is 0 Å². The van der Waals surface area contributed by atoms with Gasteiger partial charge in [0.25, 0.3) is 11.8 Å². The topological polar surface area (TPSA) is 67.4 Å². The highest BCUT2D eigenvalue weighted by molar-refractivity contribution is 6.30. The van der Waals surface area contributed by atoms with Gasteiger partial charge in [0, 0.05) is 10.6 Å². The van der Waals surface area contributed by atoms with Crippen LogP contribution in [-0.2, 0) is 0 Å². The number of hydrogen-bond donors (Lipinski definition) is 2. The molecule has 0 aliphatic carbocycles. The third-order valence-electron chi connectivity index (χ3n) is 3.18. The molecule has 0 unspecified atom stereocenters. The van der Waals surface area contributed by atoms with Gasteiger partial charge in [-0.15, -0.1) is 0 Å². The van der Waals surface area contributed by atoms with Gasteiger partial charge in [-0.2, -0.15) is 0 Å². The summed E-state index contributed by atoms with van der Waals surface area (Å²) in [5.74, 6) is -0.551. The van der Waals surface area contributed by atoms with Crippen molar-refractivity contribution in [1.82, 2.24) is 10.9 Å². The van der Waals surface area contributed by atoms with Crippen LogP contribution in [0.15, 0.2) is 36.4 Å². The average Bonchev–Trinajstić information content (AvgIpc) is 2.51. The molecule has 0 atom stereocenters. The summed E-state index contributed by atoms with van der Waals surface area (Å²) in [6, 6.07) is 10.1. The van der Waals surface area contributed by atoms with E-state index in [9.17, 15) is 9.59 Å². The Bertz CT molecular complexity index is 739. The zero-order valence-corrected chi connectivity index (χ0v) is 13.8. The van der Waals surface area contributed by atoms with E-state index in [4.69, 9.17) is 16.3 Å². The Hall–Kier alpha value is -2.53. The van der Waals surface area contributed by atoms with Gasteiger partial charge >= 0.3 is 0 Å². The summed E-state index contributed by atoms with van der Waals surface area (Å²) < 4.78 is 5.11. The number of aryl methyl sites for hydroxylation is 2. The van der Waals surface area contributed by atoms with Gasteiger partial charge in [-0.1, -0.05) is 28.8 Å². The van der Waals surface area contributed by atoms with E-state index < -0.39 is 11.8 Å². The molecule has 2 aromatic rings. The molecule has 0 aromatic heterocycles. The number of nitrogens with one attached hydrogen (secondary N) is 2. The maximum absolute atomic E-state index is 12.2. The molecule has 0 heterocycles. The van der Waals surface area contributed by atoms with E-state index in [1.807, 2.05) is 19.9 Å². The van der Waals surface area contributed by atoms with Gasteiger partial charge in [0.05, 0.1) is 12.7 Å². The number of hydrazine groups is 1. The number of amides is 2. The molecule has 6 heteroatoms. The molecule has 0 saturated carbocycles. The number of methoxy groups -OCH3 is 1. The molecule has 23 heavy (non-hydrogen) atoms. The SMILES string of the molecule is COc1cc(Cl)ccc1C(=O)NNC(=O)c1cc(C)cc(C)c1. The highest BCUT2D eigenvalue weighted by Gasteiger charge is 2.14. The van der Waals surface area contributed by atoms with Crippen LogP contribution >= 0.6 is 11.6 Å². The van der Waals surface area contributed by atoms with E-state index in [-0.39, 0.29) is 5.56 Å². The lowest BCUT2D eigenvalue weighted by molar-refractivity contribution is 0.0845. The molecule has 120 valence electrons. The van der Waals surface area contributed by atoms with Gasteiger partial charge in [-0.25, -0.2) is 0 Å². The number of ether oxygens (including phenoxy) is 1. The fraction of sp³-hybridized carbons (Fsp3) is 0.176. The number of carbonyl (C=O) groups is 2. The van der Waals surface area contributed by atoms with Crippen LogP contribution in [0.1, 0.15) is 31.8 Å². The van der Waals surface area contributed by atoms with Crippen LogP contribution in [0.2, 0.25) is 5.02 Å². The minimum absolute atomic E-state index is 0.276. The normalized spacial score (nSPS) is 10.1. The van der Waals surface area contributed by atoms with E-state index in [1.165, 1.54) is 19.2 Å². The summed E-state index contributed by atoms with van der Waals surface area (Å²) in [6.45, 7) is 3.81. The molecule has 0 fully saturated rings. The first-order valence-electron chi connectivity index (χ1n) is 6.93. The van der Waals surface area contributed by atoms with E-state index in [0.717, 1.165) is 11.1 Å². The van der Waals surface area contributed by atoms with Crippen molar-refractivity contribution in [1.29, 1.82) is 0 Å². The second-order valence-corrected chi connectivity index (χ2v) is 5.57. The second-order valence-electron chi connectivity index (χ2n) is 5.13. The molecule has 2 aromatic carbocycles. The van der Waals surface area contributed by atoms with Crippen LogP contribution in [0.4, 0.5) is 0 Å². The van der Waals surface area contributed by atoms with E-state index >= 15 is 0 Å². The summed E-state index contributed by atoms with van der Waals surface area (Å²) in [7, 11) is 1.44. The van der Waals surface area contributed by atoms with E-state index in [1.54, 1.807) is 18.2 Å². The molecule has 0 aliphatic heterocycles. The molecular formula is C17H17ClN2O3. The van der Waals surface area contributed by atoms with Crippen LogP contribution in [-0.4, -0.2) is 18.9 Å². The zero-order valence-electron chi connectivity index (χ0n) is 13.1. The monoisotopic (exact) mass is 332 g/mol. The Kier molecular flexibility index (Phi) is 5.24. The lowest BCUT2D eigenvalue weighted by Gasteiger charge is -2.11. The smallest absolute Gasteiger partial charge is 0.273 e. The number of halogens is 1. The first kappa shape index (κ1) is 16.8. The van der Waals surface area contributed by atoms with Crippen molar-refractivity contribution >= 4 is 23.4 Å². The first-order chi connectivity index (χ1) is 10.9. The maximum Gasteiger partial charge on any atom is 0.273 e. The van der Waals surface area contributed by atoms with Crippen molar-refractivity contribution in [3.8, 4) is 5.75 Å². The number of hydrogen-bond acceptors (Lipinski definition) is 3. The van der Waals surface area contributed by atoms with Crippen molar-refractivity contribution in [3.05, 3.63) is 63.7 Å². The maximum atomic E-state index is 12.2. The summed E-state index contributed by atoms with van der Waals surface area (Å²) in [6.07, 6.45) is 0. The quantitative estimate of drug-likeness (QED) is 0.849. The van der Waals surface area contributed by atoms with Crippen molar-refractivity contribution in [2.24, 2.45) is 0 Å². The molecule has 2 N–H and O–H groups in total. The minimum Gasteiger partial charge on any atom is -0.496 e. The highest BCUT2D eigenvalue weighted by Crippen LogP contribution is 2.22. The number of benzene rings is 2. The van der Waals surface area contributed by atoms with Crippen LogP contribution in [0.5, 0.6) is 5.75 Å². The van der Waals surface area contributed by atoms with Crippen LogP contribution < -0.4 is 15.6 Å². The van der Waals surface area contributed by atoms with Crippen molar-refractivity contribution in [3.63, 3.8) is 0 Å². The summed E-state index contributed by atoms with van der Waals surface area (Å²) in [4.78, 5) is 24.3. The highest BCUT2D eigenvalue weighted by atomic mass is 35.5. The second kappa shape index (κ2) is 7.15. The molecule has 0 radical (unpaired) electrons. The van der Waals surface area contributed by atoms with Gasteiger partial charge in [0.1, 0.15) is 5.75 Å². The Morgan fingerprint density at radius 3 is 2.17 bits per heavy atom. The molecule has 2 amide bonds. The molecular weight excluding hydrogens is 316 g/mol. The molecule has 0 aliphatic rings. The van der Waals surface area contributed by atoms with Crippen molar-refractivity contribution < 1.29 is 14.3 Å².